The fourth-order valence-electron chi connectivity index (χ4n) is 3.85. The molecule has 1 aromatic carbocycles. The van der Waals surface area contributed by atoms with Gasteiger partial charge in [0.2, 0.25) is 0 Å². The van der Waals surface area contributed by atoms with E-state index in [-0.39, 0.29) is 6.17 Å². The Balaban J connectivity index is 1.65. The quantitative estimate of drug-likeness (QED) is 0.836. The minimum Gasteiger partial charge on any atom is -0.382 e. The lowest BCUT2D eigenvalue weighted by Gasteiger charge is -2.37. The third kappa shape index (κ3) is 3.16. The second kappa shape index (κ2) is 6.98. The van der Waals surface area contributed by atoms with Crippen LogP contribution >= 0.6 is 0 Å². The van der Waals surface area contributed by atoms with Crippen molar-refractivity contribution < 1.29 is 8.78 Å². The molecule has 0 saturated heterocycles. The lowest BCUT2D eigenvalue weighted by Crippen LogP contribution is -2.50. The molecule has 0 fully saturated rings. The Kier molecular flexibility index (Phi) is 4.63. The van der Waals surface area contributed by atoms with Crippen LogP contribution in [0, 0.1) is 18.6 Å². The number of hydrogen-bond donors (Lipinski definition) is 2. The predicted molar refractivity (Wildman–Crippen MR) is 105 cm³/mol. The summed E-state index contributed by atoms with van der Waals surface area (Å²) in [6.07, 6.45) is 2.54. The molecule has 2 aliphatic heterocycles. The summed E-state index contributed by atoms with van der Waals surface area (Å²) in [7, 11) is 0. The van der Waals surface area contributed by atoms with Gasteiger partial charge in [0.1, 0.15) is 12.0 Å². The average molecular weight is 383 g/mol. The number of rotatable bonds is 2. The number of halogens is 2. The zero-order valence-electron chi connectivity index (χ0n) is 16.2. The Morgan fingerprint density at radius 1 is 1.14 bits per heavy atom. The highest BCUT2D eigenvalue weighted by Crippen LogP contribution is 2.30. The molecule has 0 amide bonds. The number of nitrogens with zero attached hydrogens (tertiary/aromatic N) is 3. The minimum atomic E-state index is -0.849. The van der Waals surface area contributed by atoms with Gasteiger partial charge in [-0.2, -0.15) is 5.10 Å². The number of aryl methyl sites for hydroxylation is 1. The van der Waals surface area contributed by atoms with E-state index >= 15 is 0 Å². The van der Waals surface area contributed by atoms with Crippen LogP contribution in [0.1, 0.15) is 30.7 Å². The Labute approximate surface area is 163 Å². The van der Waals surface area contributed by atoms with Crippen LogP contribution < -0.4 is 11.2 Å². The molecule has 28 heavy (non-hydrogen) atoms. The van der Waals surface area contributed by atoms with Crippen molar-refractivity contribution in [2.45, 2.75) is 39.9 Å². The van der Waals surface area contributed by atoms with E-state index in [1.165, 1.54) is 12.1 Å². The summed E-state index contributed by atoms with van der Waals surface area (Å²) in [4.78, 5) is 6.88. The average Bonchev–Trinajstić information content (AvgIpc) is 2.68. The first kappa shape index (κ1) is 18.6. The Morgan fingerprint density at radius 3 is 2.68 bits per heavy atom. The number of benzene rings is 1. The van der Waals surface area contributed by atoms with Crippen molar-refractivity contribution in [2.24, 2.45) is 10.8 Å². The van der Waals surface area contributed by atoms with Crippen molar-refractivity contribution in [2.75, 3.05) is 6.54 Å². The number of pyridine rings is 1. The molecule has 7 heteroatoms. The molecule has 1 unspecified atom stereocenters. The van der Waals surface area contributed by atoms with Crippen LogP contribution in [-0.2, 0) is 13.0 Å². The molecule has 0 aliphatic carbocycles. The normalized spacial score (nSPS) is 19.9. The van der Waals surface area contributed by atoms with E-state index in [1.807, 2.05) is 13.0 Å². The first-order valence-corrected chi connectivity index (χ1v) is 9.29. The number of fused-ring (bicyclic) bond motifs is 1. The zero-order chi connectivity index (χ0) is 20.0. The highest BCUT2D eigenvalue weighted by Gasteiger charge is 2.28. The van der Waals surface area contributed by atoms with Crippen LogP contribution in [0.2, 0.25) is 0 Å². The van der Waals surface area contributed by atoms with E-state index in [9.17, 15) is 8.78 Å². The summed E-state index contributed by atoms with van der Waals surface area (Å²) in [5, 5.41) is 4.22. The third-order valence-corrected chi connectivity index (χ3v) is 5.71. The molecule has 3 N–H and O–H groups in total. The Bertz CT molecular complexity index is 1010. The fourth-order valence-corrected chi connectivity index (χ4v) is 3.85. The topological polar surface area (TPSA) is 66.5 Å². The second-order valence-corrected chi connectivity index (χ2v) is 7.47. The zero-order valence-corrected chi connectivity index (χ0v) is 16.2. The van der Waals surface area contributed by atoms with Gasteiger partial charge >= 0.3 is 0 Å². The highest BCUT2D eigenvalue weighted by molar-refractivity contribution is 5.97. The van der Waals surface area contributed by atoms with Crippen LogP contribution in [0.5, 0.6) is 0 Å². The van der Waals surface area contributed by atoms with Crippen molar-refractivity contribution in [1.82, 2.24) is 15.3 Å². The molecule has 2 aromatic rings. The fraction of sp³-hybridized carbons (Fsp3) is 0.333. The van der Waals surface area contributed by atoms with Gasteiger partial charge in [-0.3, -0.25) is 15.3 Å². The summed E-state index contributed by atoms with van der Waals surface area (Å²) < 4.78 is 27.2. The van der Waals surface area contributed by atoms with Crippen molar-refractivity contribution in [3.8, 4) is 11.1 Å². The lowest BCUT2D eigenvalue weighted by atomic mass is 9.96. The van der Waals surface area contributed by atoms with E-state index in [0.717, 1.165) is 40.9 Å². The summed E-state index contributed by atoms with van der Waals surface area (Å²) >= 11 is 0. The Hall–Kier alpha value is -2.80. The van der Waals surface area contributed by atoms with Crippen LogP contribution in [0.4, 0.5) is 8.78 Å². The lowest BCUT2D eigenvalue weighted by molar-refractivity contribution is 0.171. The maximum absolute atomic E-state index is 13.8. The number of nitrogens with two attached hydrogens (primary N) is 1. The Morgan fingerprint density at radius 2 is 1.89 bits per heavy atom. The van der Waals surface area contributed by atoms with Crippen molar-refractivity contribution >= 4 is 5.84 Å². The standard InChI is InChI=1S/C21H23F2N5/c1-11-6-17(22)18(23)8-16(11)14-7-15-10-28(5-4-19(15)25-9-14)21-13(3)12(2)20(24)26-27-21/h6-9,21,27H,4-5,10H2,1-3H3,(H2,24,26). The number of hydrazone groups is 1. The number of aromatic nitrogens is 1. The molecule has 0 spiro atoms. The first-order valence-electron chi connectivity index (χ1n) is 9.29. The van der Waals surface area contributed by atoms with E-state index in [0.29, 0.717) is 23.5 Å². The van der Waals surface area contributed by atoms with Gasteiger partial charge in [0, 0.05) is 37.0 Å². The first-order chi connectivity index (χ1) is 13.3. The number of amidine groups is 1. The smallest absolute Gasteiger partial charge is 0.159 e. The second-order valence-electron chi connectivity index (χ2n) is 7.47. The van der Waals surface area contributed by atoms with Crippen LogP contribution in [0.15, 0.2) is 40.6 Å². The molecular formula is C21H23F2N5. The number of nitrogens with one attached hydrogen (secondary N) is 1. The minimum absolute atomic E-state index is 0.0193. The van der Waals surface area contributed by atoms with Crippen molar-refractivity contribution in [1.29, 1.82) is 0 Å². The molecule has 0 bridgehead atoms. The molecule has 3 heterocycles. The van der Waals surface area contributed by atoms with Crippen LogP contribution in [-0.4, -0.2) is 28.4 Å². The molecule has 146 valence electrons. The van der Waals surface area contributed by atoms with Crippen LogP contribution in [0.25, 0.3) is 11.1 Å². The van der Waals surface area contributed by atoms with Gasteiger partial charge in [-0.15, -0.1) is 0 Å². The molecule has 5 nitrogen and oxygen atoms in total. The van der Waals surface area contributed by atoms with Gasteiger partial charge in [0.25, 0.3) is 0 Å². The van der Waals surface area contributed by atoms with Gasteiger partial charge < -0.3 is 5.73 Å². The molecule has 1 aromatic heterocycles. The van der Waals surface area contributed by atoms with E-state index in [1.54, 1.807) is 13.1 Å². The summed E-state index contributed by atoms with van der Waals surface area (Å²) in [5.41, 5.74) is 15.4. The molecule has 0 saturated carbocycles. The molecule has 2 aliphatic rings. The summed E-state index contributed by atoms with van der Waals surface area (Å²) in [5.74, 6) is -1.17. The van der Waals surface area contributed by atoms with E-state index in [2.05, 4.69) is 27.3 Å². The maximum Gasteiger partial charge on any atom is 0.159 e. The van der Waals surface area contributed by atoms with Gasteiger partial charge in [0.15, 0.2) is 11.6 Å². The summed E-state index contributed by atoms with van der Waals surface area (Å²) in [6.45, 7) is 7.35. The third-order valence-electron chi connectivity index (χ3n) is 5.71. The van der Waals surface area contributed by atoms with Gasteiger partial charge in [-0.25, -0.2) is 8.78 Å². The van der Waals surface area contributed by atoms with Gasteiger partial charge in [-0.1, -0.05) is 0 Å². The van der Waals surface area contributed by atoms with Crippen molar-refractivity contribution in [3.63, 3.8) is 0 Å². The maximum atomic E-state index is 13.8. The van der Waals surface area contributed by atoms with Gasteiger partial charge in [-0.05, 0) is 66.8 Å². The summed E-state index contributed by atoms with van der Waals surface area (Å²) in [6, 6.07) is 4.49. The number of hydrogen-bond acceptors (Lipinski definition) is 5. The highest BCUT2D eigenvalue weighted by atomic mass is 19.2. The molecule has 4 rings (SSSR count). The van der Waals surface area contributed by atoms with Crippen molar-refractivity contribution in [3.05, 3.63) is 64.0 Å². The van der Waals surface area contributed by atoms with Gasteiger partial charge in [0.05, 0.1) is 0 Å². The largest absolute Gasteiger partial charge is 0.382 e. The predicted octanol–water partition coefficient (Wildman–Crippen LogP) is 3.23. The van der Waals surface area contributed by atoms with E-state index < -0.39 is 11.6 Å². The SMILES string of the molecule is CC1=C(C)C(N2CCc3ncc(-c4cc(F)c(F)cc4C)cc3C2)NN=C1N. The van der Waals surface area contributed by atoms with E-state index in [4.69, 9.17) is 5.73 Å². The molecule has 1 atom stereocenters. The monoisotopic (exact) mass is 383 g/mol. The molecular weight excluding hydrogens is 360 g/mol. The van der Waals surface area contributed by atoms with Crippen LogP contribution in [0.3, 0.4) is 0 Å². The molecule has 0 radical (unpaired) electrons.